The lowest BCUT2D eigenvalue weighted by Gasteiger charge is -2.17. The first-order valence-corrected chi connectivity index (χ1v) is 12.9. The molecule has 0 saturated heterocycles. The van der Waals surface area contributed by atoms with Crippen molar-refractivity contribution in [2.45, 2.75) is 32.0 Å². The number of carbonyl (C=O) groups excluding carboxylic acids is 2. The van der Waals surface area contributed by atoms with E-state index in [1.807, 2.05) is 79.1 Å². The first kappa shape index (κ1) is 26.7. The molecule has 0 aliphatic carbocycles. The number of benzene rings is 3. The number of para-hydroxylation sites is 1. The minimum atomic E-state index is -0.433. The van der Waals surface area contributed by atoms with Gasteiger partial charge in [0.25, 0.3) is 0 Å². The number of amides is 2. The van der Waals surface area contributed by atoms with Crippen molar-refractivity contribution in [2.24, 2.45) is 0 Å². The Morgan fingerprint density at radius 2 is 1.74 bits per heavy atom. The number of hydrogen-bond acceptors (Lipinski definition) is 7. The van der Waals surface area contributed by atoms with Crippen LogP contribution in [-0.4, -0.2) is 39.4 Å². The number of nitrogens with one attached hydrogen (secondary N) is 2. The molecule has 0 fully saturated rings. The summed E-state index contributed by atoms with van der Waals surface area (Å²) in [7, 11) is 1.61. The number of anilines is 2. The Balaban J connectivity index is 1.51. The zero-order valence-electron chi connectivity index (χ0n) is 21.6. The van der Waals surface area contributed by atoms with Crippen LogP contribution in [0.1, 0.15) is 31.3 Å². The summed E-state index contributed by atoms with van der Waals surface area (Å²) in [4.78, 5) is 24.2. The van der Waals surface area contributed by atoms with Gasteiger partial charge in [0.2, 0.25) is 11.8 Å². The summed E-state index contributed by atoms with van der Waals surface area (Å²) in [6.45, 7) is 5.23. The molecule has 1 unspecified atom stereocenters. The number of aryl methyl sites for hydroxylation is 1. The van der Waals surface area contributed by atoms with Crippen LogP contribution < -0.4 is 20.1 Å². The second-order valence-electron chi connectivity index (χ2n) is 8.50. The van der Waals surface area contributed by atoms with E-state index in [2.05, 4.69) is 20.8 Å². The van der Waals surface area contributed by atoms with Crippen LogP contribution in [0.25, 0.3) is 5.69 Å². The van der Waals surface area contributed by atoms with Gasteiger partial charge in [-0.3, -0.25) is 14.2 Å². The zero-order chi connectivity index (χ0) is 27.1. The molecule has 0 aliphatic heterocycles. The minimum absolute atomic E-state index is 0.111. The molecular weight excluding hydrogens is 502 g/mol. The van der Waals surface area contributed by atoms with Gasteiger partial charge in [-0.15, -0.1) is 10.2 Å². The van der Waals surface area contributed by atoms with E-state index >= 15 is 0 Å². The number of hydrogen-bond donors (Lipinski definition) is 2. The van der Waals surface area contributed by atoms with Crippen molar-refractivity contribution >= 4 is 35.0 Å². The van der Waals surface area contributed by atoms with Gasteiger partial charge in [-0.25, -0.2) is 0 Å². The Labute approximate surface area is 225 Å². The van der Waals surface area contributed by atoms with Crippen molar-refractivity contribution in [3.8, 4) is 17.2 Å². The third-order valence-corrected chi connectivity index (χ3v) is 6.48. The lowest BCUT2D eigenvalue weighted by Crippen LogP contribution is -2.16. The Morgan fingerprint density at radius 1 is 0.974 bits per heavy atom. The molecule has 196 valence electrons. The van der Waals surface area contributed by atoms with Crippen molar-refractivity contribution in [3.63, 3.8) is 0 Å². The highest BCUT2D eigenvalue weighted by molar-refractivity contribution is 7.99. The smallest absolute Gasteiger partial charge is 0.234 e. The normalized spacial score (nSPS) is 11.5. The number of rotatable bonds is 10. The fraction of sp³-hybridized carbons (Fsp3) is 0.214. The SMILES string of the molecule is COc1cccc(OC(C)c2nnc(SCC(=O)Nc3ccc(C)c(NC(C)=O)c3)n2-c2ccccc2)c1. The average Bonchev–Trinajstić information content (AvgIpc) is 3.34. The van der Waals surface area contributed by atoms with E-state index in [4.69, 9.17) is 9.47 Å². The maximum atomic E-state index is 12.8. The van der Waals surface area contributed by atoms with Crippen LogP contribution in [0, 0.1) is 6.92 Å². The number of carbonyl (C=O) groups is 2. The standard InChI is InChI=1S/C28H29N5O4S/c1-18-13-14-21(15-25(18)29-20(3)34)30-26(35)17-38-28-32-31-27(33(28)22-9-6-5-7-10-22)19(2)37-24-12-8-11-23(16-24)36-4/h5-16,19H,17H2,1-4H3,(H,29,34)(H,30,35). The van der Waals surface area contributed by atoms with Crippen LogP contribution in [0.15, 0.2) is 78.0 Å². The third-order valence-electron chi connectivity index (χ3n) is 5.55. The Bertz CT molecular complexity index is 1420. The molecule has 1 aromatic heterocycles. The molecule has 2 amide bonds. The predicted molar refractivity (Wildman–Crippen MR) is 148 cm³/mol. The van der Waals surface area contributed by atoms with E-state index < -0.39 is 6.10 Å². The van der Waals surface area contributed by atoms with Gasteiger partial charge >= 0.3 is 0 Å². The summed E-state index contributed by atoms with van der Waals surface area (Å²) in [5, 5.41) is 15.0. The number of thioether (sulfide) groups is 1. The van der Waals surface area contributed by atoms with Crippen molar-refractivity contribution in [3.05, 3.63) is 84.2 Å². The monoisotopic (exact) mass is 531 g/mol. The second kappa shape index (κ2) is 12.3. The largest absolute Gasteiger partial charge is 0.497 e. The van der Waals surface area contributed by atoms with Gasteiger partial charge in [0.1, 0.15) is 11.5 Å². The molecule has 1 atom stereocenters. The van der Waals surface area contributed by atoms with Crippen molar-refractivity contribution in [1.82, 2.24) is 14.8 Å². The van der Waals surface area contributed by atoms with Gasteiger partial charge < -0.3 is 20.1 Å². The third kappa shape index (κ3) is 6.71. The van der Waals surface area contributed by atoms with Crippen LogP contribution in [-0.2, 0) is 9.59 Å². The van der Waals surface area contributed by atoms with Gasteiger partial charge in [0, 0.05) is 30.1 Å². The molecule has 0 bridgehead atoms. The highest BCUT2D eigenvalue weighted by Gasteiger charge is 2.22. The first-order valence-electron chi connectivity index (χ1n) is 12.0. The summed E-state index contributed by atoms with van der Waals surface area (Å²) in [6.07, 6.45) is -0.433. The van der Waals surface area contributed by atoms with E-state index in [9.17, 15) is 9.59 Å². The summed E-state index contributed by atoms with van der Waals surface area (Å²) in [5.74, 6) is 1.66. The summed E-state index contributed by atoms with van der Waals surface area (Å²) < 4.78 is 13.3. The van der Waals surface area contributed by atoms with Gasteiger partial charge in [-0.1, -0.05) is 42.1 Å². The Hall–Kier alpha value is -4.31. The topological polar surface area (TPSA) is 107 Å². The molecule has 0 radical (unpaired) electrons. The second-order valence-corrected chi connectivity index (χ2v) is 9.44. The van der Waals surface area contributed by atoms with Crippen LogP contribution in [0.2, 0.25) is 0 Å². The molecule has 0 saturated carbocycles. The van der Waals surface area contributed by atoms with Crippen LogP contribution in [0.5, 0.6) is 11.5 Å². The molecule has 3 aromatic carbocycles. The first-order chi connectivity index (χ1) is 18.3. The molecule has 2 N–H and O–H groups in total. The van der Waals surface area contributed by atoms with Crippen molar-refractivity contribution in [2.75, 3.05) is 23.5 Å². The molecular formula is C28H29N5O4S. The van der Waals surface area contributed by atoms with Gasteiger partial charge in [0.05, 0.1) is 12.9 Å². The molecule has 4 aromatic rings. The molecule has 0 aliphatic rings. The predicted octanol–water partition coefficient (Wildman–Crippen LogP) is 5.41. The molecule has 38 heavy (non-hydrogen) atoms. The fourth-order valence-corrected chi connectivity index (χ4v) is 4.50. The lowest BCUT2D eigenvalue weighted by molar-refractivity contribution is -0.114. The average molecular weight is 532 g/mol. The number of aromatic nitrogens is 3. The van der Waals surface area contributed by atoms with Crippen LogP contribution in [0.4, 0.5) is 11.4 Å². The van der Waals surface area contributed by atoms with E-state index in [0.717, 1.165) is 11.3 Å². The van der Waals surface area contributed by atoms with Crippen LogP contribution in [0.3, 0.4) is 0 Å². The molecule has 1 heterocycles. The highest BCUT2D eigenvalue weighted by Crippen LogP contribution is 2.29. The van der Waals surface area contributed by atoms with Crippen molar-refractivity contribution < 1.29 is 19.1 Å². The van der Waals surface area contributed by atoms with Crippen LogP contribution >= 0.6 is 11.8 Å². The molecule has 10 heteroatoms. The molecule has 0 spiro atoms. The molecule has 4 rings (SSSR count). The summed E-state index contributed by atoms with van der Waals surface area (Å²) in [5.41, 5.74) is 3.01. The van der Waals surface area contributed by atoms with Gasteiger partial charge in [-0.2, -0.15) is 0 Å². The Morgan fingerprint density at radius 3 is 2.47 bits per heavy atom. The zero-order valence-corrected chi connectivity index (χ0v) is 22.4. The van der Waals surface area contributed by atoms with Gasteiger partial charge in [-0.05, 0) is 55.8 Å². The van der Waals surface area contributed by atoms with Crippen molar-refractivity contribution in [1.29, 1.82) is 0 Å². The van der Waals surface area contributed by atoms with E-state index in [-0.39, 0.29) is 17.6 Å². The van der Waals surface area contributed by atoms with Gasteiger partial charge in [0.15, 0.2) is 17.1 Å². The maximum absolute atomic E-state index is 12.8. The number of methoxy groups -OCH3 is 1. The van der Waals surface area contributed by atoms with E-state index in [1.54, 1.807) is 19.2 Å². The number of ether oxygens (including phenoxy) is 2. The summed E-state index contributed by atoms with van der Waals surface area (Å²) in [6, 6.07) is 22.4. The van der Waals surface area contributed by atoms with E-state index in [0.29, 0.717) is 33.9 Å². The summed E-state index contributed by atoms with van der Waals surface area (Å²) >= 11 is 1.27. The number of nitrogens with zero attached hydrogens (tertiary/aromatic N) is 3. The lowest BCUT2D eigenvalue weighted by atomic mass is 10.2. The maximum Gasteiger partial charge on any atom is 0.234 e. The minimum Gasteiger partial charge on any atom is -0.497 e. The quantitative estimate of drug-likeness (QED) is 0.263. The highest BCUT2D eigenvalue weighted by atomic mass is 32.2. The fourth-order valence-electron chi connectivity index (χ4n) is 3.74. The van der Waals surface area contributed by atoms with E-state index in [1.165, 1.54) is 18.7 Å². The Kier molecular flexibility index (Phi) is 8.65. The molecule has 9 nitrogen and oxygen atoms in total.